The molecule has 2 saturated heterocycles. The number of carbonyl (C=O) groups is 3. The Bertz CT molecular complexity index is 1030. The van der Waals surface area contributed by atoms with Crippen LogP contribution in [0.5, 0.6) is 0 Å². The van der Waals surface area contributed by atoms with Gasteiger partial charge < -0.3 is 15.0 Å². The standard InChI is InChI=1S/C22H23ClN4O4S/c23-14-10-27(18-15(28)11-31-19(14)18)22(30)17(12-4-1-2-5-12)26-20(29)21-25-9-16(32-21)13-6-3-7-24-8-13/h3,6-9,12,14,17-19H,1-2,4-5,10-11H2,(H,26,29)/t14-,17-,18+,19+/m0/s1. The third-order valence-electron chi connectivity index (χ3n) is 6.48. The largest absolute Gasteiger partial charge is 0.366 e. The first-order chi connectivity index (χ1) is 15.5. The summed E-state index contributed by atoms with van der Waals surface area (Å²) in [6.45, 7) is 0.210. The van der Waals surface area contributed by atoms with E-state index in [1.807, 2.05) is 12.1 Å². The van der Waals surface area contributed by atoms with Crippen molar-refractivity contribution in [3.05, 3.63) is 35.7 Å². The summed E-state index contributed by atoms with van der Waals surface area (Å²) in [5, 5.41) is 2.79. The SMILES string of the molecule is O=C(N[C@H](C(=O)N1C[C@H](Cl)[C@H]2OCC(=O)[C@H]21)C1CCCC1)c1ncc(-c2cccnc2)s1. The van der Waals surface area contributed by atoms with Gasteiger partial charge in [0.05, 0.1) is 10.3 Å². The number of nitrogens with zero attached hydrogens (tertiary/aromatic N) is 3. The fraction of sp³-hybridized carbons (Fsp3) is 0.500. The van der Waals surface area contributed by atoms with Crippen LogP contribution in [-0.2, 0) is 14.3 Å². The van der Waals surface area contributed by atoms with E-state index in [0.717, 1.165) is 36.1 Å². The quantitative estimate of drug-likeness (QED) is 0.667. The second-order valence-corrected chi connectivity index (χ2v) is 10.1. The van der Waals surface area contributed by atoms with Crippen LogP contribution in [0.1, 0.15) is 35.5 Å². The molecule has 0 aromatic carbocycles. The second-order valence-electron chi connectivity index (χ2n) is 8.46. The fourth-order valence-corrected chi connectivity index (χ4v) is 6.07. The molecule has 4 heterocycles. The van der Waals surface area contributed by atoms with Gasteiger partial charge in [0.25, 0.3) is 5.91 Å². The van der Waals surface area contributed by atoms with Crippen LogP contribution in [0.2, 0.25) is 0 Å². The third kappa shape index (κ3) is 3.93. The monoisotopic (exact) mass is 474 g/mol. The van der Waals surface area contributed by atoms with E-state index < -0.39 is 23.6 Å². The van der Waals surface area contributed by atoms with Gasteiger partial charge in [0, 0.05) is 30.7 Å². The number of hydrogen-bond donors (Lipinski definition) is 1. The molecule has 5 rings (SSSR count). The molecule has 0 radical (unpaired) electrons. The highest BCUT2D eigenvalue weighted by molar-refractivity contribution is 7.17. The van der Waals surface area contributed by atoms with E-state index in [0.29, 0.717) is 0 Å². The summed E-state index contributed by atoms with van der Waals surface area (Å²) in [6, 6.07) is 2.35. The maximum absolute atomic E-state index is 13.6. The molecular formula is C22H23ClN4O4S. The smallest absolute Gasteiger partial charge is 0.280 e. The lowest BCUT2D eigenvalue weighted by Crippen LogP contribution is -2.54. The molecule has 2 amide bonds. The van der Waals surface area contributed by atoms with Crippen LogP contribution >= 0.6 is 22.9 Å². The van der Waals surface area contributed by atoms with E-state index >= 15 is 0 Å². The van der Waals surface area contributed by atoms with Crippen molar-refractivity contribution in [1.82, 2.24) is 20.2 Å². The summed E-state index contributed by atoms with van der Waals surface area (Å²) < 4.78 is 5.51. The number of Topliss-reactive ketones (excluding diaryl/α,β-unsaturated/α-hetero) is 1. The van der Waals surface area contributed by atoms with Crippen molar-refractivity contribution in [1.29, 1.82) is 0 Å². The number of alkyl halides is 1. The number of hydrogen-bond acceptors (Lipinski definition) is 7. The summed E-state index contributed by atoms with van der Waals surface area (Å²) in [5.74, 6) is -0.757. The Morgan fingerprint density at radius 3 is 2.84 bits per heavy atom. The molecule has 2 aromatic heterocycles. The number of rotatable bonds is 5. The maximum Gasteiger partial charge on any atom is 0.280 e. The van der Waals surface area contributed by atoms with Crippen LogP contribution in [0.15, 0.2) is 30.7 Å². The van der Waals surface area contributed by atoms with Crippen LogP contribution < -0.4 is 5.32 Å². The van der Waals surface area contributed by atoms with Gasteiger partial charge >= 0.3 is 0 Å². The van der Waals surface area contributed by atoms with Gasteiger partial charge in [0.2, 0.25) is 5.91 Å². The predicted molar refractivity (Wildman–Crippen MR) is 118 cm³/mol. The summed E-state index contributed by atoms with van der Waals surface area (Å²) in [5.41, 5.74) is 0.878. The van der Waals surface area contributed by atoms with Crippen molar-refractivity contribution in [2.24, 2.45) is 5.92 Å². The van der Waals surface area contributed by atoms with Gasteiger partial charge in [-0.3, -0.25) is 19.4 Å². The van der Waals surface area contributed by atoms with E-state index in [1.165, 1.54) is 16.2 Å². The average Bonchev–Trinajstić information content (AvgIpc) is 3.59. The molecule has 168 valence electrons. The van der Waals surface area contributed by atoms with Gasteiger partial charge in [0.15, 0.2) is 10.8 Å². The van der Waals surface area contributed by atoms with Crippen LogP contribution in [0.3, 0.4) is 0 Å². The average molecular weight is 475 g/mol. The molecule has 8 nitrogen and oxygen atoms in total. The minimum absolute atomic E-state index is 0.0226. The summed E-state index contributed by atoms with van der Waals surface area (Å²) in [7, 11) is 0. The molecule has 4 atom stereocenters. The van der Waals surface area contributed by atoms with Crippen LogP contribution in [0.4, 0.5) is 0 Å². The molecule has 1 N–H and O–H groups in total. The highest BCUT2D eigenvalue weighted by Crippen LogP contribution is 2.34. The van der Waals surface area contributed by atoms with E-state index in [9.17, 15) is 14.4 Å². The molecule has 3 fully saturated rings. The third-order valence-corrected chi connectivity index (χ3v) is 7.91. The summed E-state index contributed by atoms with van der Waals surface area (Å²) in [6.07, 6.45) is 8.29. The number of amides is 2. The molecule has 0 spiro atoms. The second kappa shape index (κ2) is 8.88. The Morgan fingerprint density at radius 2 is 2.09 bits per heavy atom. The minimum Gasteiger partial charge on any atom is -0.366 e. The number of pyridine rings is 1. The number of aromatic nitrogens is 2. The Kier molecular flexibility index (Phi) is 5.96. The molecule has 3 aliphatic rings. The van der Waals surface area contributed by atoms with Crippen molar-refractivity contribution in [2.75, 3.05) is 13.2 Å². The zero-order chi connectivity index (χ0) is 22.2. The number of carbonyl (C=O) groups excluding carboxylic acids is 3. The Morgan fingerprint density at radius 1 is 1.28 bits per heavy atom. The molecule has 1 saturated carbocycles. The number of thiazole rings is 1. The molecule has 2 aliphatic heterocycles. The zero-order valence-corrected chi connectivity index (χ0v) is 18.8. The lowest BCUT2D eigenvalue weighted by molar-refractivity contribution is -0.139. The lowest BCUT2D eigenvalue weighted by Gasteiger charge is -2.30. The van der Waals surface area contributed by atoms with Crippen molar-refractivity contribution >= 4 is 40.5 Å². The molecular weight excluding hydrogens is 452 g/mol. The molecule has 10 heteroatoms. The normalized spacial score (nSPS) is 26.3. The predicted octanol–water partition coefficient (Wildman–Crippen LogP) is 2.28. The number of ether oxygens (including phenoxy) is 1. The van der Waals surface area contributed by atoms with Gasteiger partial charge in [-0.25, -0.2) is 4.98 Å². The first kappa shape index (κ1) is 21.5. The number of likely N-dealkylation sites (tertiary alicyclic amines) is 1. The van der Waals surface area contributed by atoms with Gasteiger partial charge in [-0.1, -0.05) is 18.9 Å². The van der Waals surface area contributed by atoms with Gasteiger partial charge in [-0.05, 0) is 24.8 Å². The zero-order valence-electron chi connectivity index (χ0n) is 17.3. The first-order valence-electron chi connectivity index (χ1n) is 10.8. The van der Waals surface area contributed by atoms with E-state index in [1.54, 1.807) is 18.6 Å². The Hall–Kier alpha value is -2.36. The summed E-state index contributed by atoms with van der Waals surface area (Å²) >= 11 is 7.63. The molecule has 1 aliphatic carbocycles. The highest BCUT2D eigenvalue weighted by atomic mass is 35.5. The highest BCUT2D eigenvalue weighted by Gasteiger charge is 2.53. The summed E-state index contributed by atoms with van der Waals surface area (Å²) in [4.78, 5) is 49.7. The van der Waals surface area contributed by atoms with Crippen LogP contribution in [-0.4, -0.2) is 69.2 Å². The van der Waals surface area contributed by atoms with Crippen molar-refractivity contribution < 1.29 is 19.1 Å². The number of ketones is 1. The van der Waals surface area contributed by atoms with Crippen LogP contribution in [0.25, 0.3) is 10.4 Å². The van der Waals surface area contributed by atoms with Gasteiger partial charge in [0.1, 0.15) is 24.8 Å². The fourth-order valence-electron chi connectivity index (χ4n) is 4.90. The van der Waals surface area contributed by atoms with Crippen molar-refractivity contribution in [3.63, 3.8) is 0 Å². The number of nitrogens with one attached hydrogen (secondary N) is 1. The van der Waals surface area contributed by atoms with Crippen LogP contribution in [0, 0.1) is 5.92 Å². The van der Waals surface area contributed by atoms with E-state index in [4.69, 9.17) is 16.3 Å². The molecule has 0 unspecified atom stereocenters. The van der Waals surface area contributed by atoms with Crippen molar-refractivity contribution in [2.45, 2.75) is 49.2 Å². The van der Waals surface area contributed by atoms with Gasteiger partial charge in [-0.2, -0.15) is 0 Å². The van der Waals surface area contributed by atoms with Gasteiger partial charge in [-0.15, -0.1) is 22.9 Å². The molecule has 0 bridgehead atoms. The lowest BCUT2D eigenvalue weighted by atomic mass is 9.96. The molecule has 32 heavy (non-hydrogen) atoms. The Balaban J connectivity index is 1.36. The minimum atomic E-state index is -0.716. The topological polar surface area (TPSA) is 101 Å². The van der Waals surface area contributed by atoms with Crippen molar-refractivity contribution in [3.8, 4) is 10.4 Å². The van der Waals surface area contributed by atoms with E-state index in [2.05, 4.69) is 15.3 Å². The Labute approximate surface area is 194 Å². The maximum atomic E-state index is 13.6. The first-order valence-corrected chi connectivity index (χ1v) is 12.0. The number of halogens is 1. The number of fused-ring (bicyclic) bond motifs is 1. The van der Waals surface area contributed by atoms with E-state index in [-0.39, 0.29) is 41.7 Å². The molecule has 2 aromatic rings.